The van der Waals surface area contributed by atoms with E-state index < -0.39 is 5.97 Å². The lowest BCUT2D eigenvalue weighted by atomic mass is 10.1. The maximum atomic E-state index is 11.4. The number of aromatic nitrogens is 2. The highest BCUT2D eigenvalue weighted by Gasteiger charge is 2.15. The van der Waals surface area contributed by atoms with Crippen LogP contribution in [0.15, 0.2) is 30.6 Å². The number of hydrogen-bond donors (Lipinski definition) is 1. The summed E-state index contributed by atoms with van der Waals surface area (Å²) in [7, 11) is 1.32. The molecule has 0 spiro atoms. The van der Waals surface area contributed by atoms with Crippen LogP contribution < -0.4 is 14.8 Å². The van der Waals surface area contributed by atoms with Crippen molar-refractivity contribution in [1.29, 1.82) is 0 Å². The average molecular weight is 315 g/mol. The second kappa shape index (κ2) is 6.51. The van der Waals surface area contributed by atoms with Crippen LogP contribution in [-0.4, -0.2) is 36.3 Å². The smallest absolute Gasteiger partial charge is 0.341 e. The number of nitrogens with zero attached hydrogens (tertiary/aromatic N) is 2. The molecule has 1 N–H and O–H groups in total. The molecule has 0 aliphatic carbocycles. The van der Waals surface area contributed by atoms with E-state index in [2.05, 4.69) is 20.0 Å². The van der Waals surface area contributed by atoms with Crippen LogP contribution in [-0.2, 0) is 4.74 Å². The van der Waals surface area contributed by atoms with Crippen LogP contribution in [0.3, 0.4) is 0 Å². The summed E-state index contributed by atoms with van der Waals surface area (Å²) in [5.74, 6) is 1.46. The van der Waals surface area contributed by atoms with E-state index in [0.29, 0.717) is 24.7 Å². The first-order valence-electron chi connectivity index (χ1n) is 7.24. The zero-order valence-corrected chi connectivity index (χ0v) is 12.9. The highest BCUT2D eigenvalue weighted by molar-refractivity contribution is 5.88. The topological polar surface area (TPSA) is 82.6 Å². The van der Waals surface area contributed by atoms with Crippen LogP contribution in [0.5, 0.6) is 11.5 Å². The number of hydrogen-bond acceptors (Lipinski definition) is 7. The fraction of sp³-hybridized carbons (Fsp3) is 0.312. The Labute approximate surface area is 133 Å². The highest BCUT2D eigenvalue weighted by Crippen LogP contribution is 2.33. The van der Waals surface area contributed by atoms with Crippen molar-refractivity contribution in [2.24, 2.45) is 0 Å². The van der Waals surface area contributed by atoms with Crippen molar-refractivity contribution in [2.75, 3.05) is 25.6 Å². The monoisotopic (exact) mass is 315 g/mol. The molecule has 7 nitrogen and oxygen atoms in total. The Morgan fingerprint density at radius 2 is 1.91 bits per heavy atom. The summed E-state index contributed by atoms with van der Waals surface area (Å²) >= 11 is 0. The van der Waals surface area contributed by atoms with Crippen molar-refractivity contribution in [2.45, 2.75) is 13.0 Å². The molecular weight excluding hydrogens is 298 g/mol. The molecule has 3 rings (SSSR count). The van der Waals surface area contributed by atoms with Crippen molar-refractivity contribution in [1.82, 2.24) is 9.97 Å². The maximum Gasteiger partial charge on any atom is 0.341 e. The van der Waals surface area contributed by atoms with E-state index in [1.165, 1.54) is 19.5 Å². The van der Waals surface area contributed by atoms with Gasteiger partial charge in [0.25, 0.3) is 0 Å². The molecule has 0 saturated carbocycles. The first kappa shape index (κ1) is 15.1. The van der Waals surface area contributed by atoms with E-state index in [1.54, 1.807) is 0 Å². The molecule has 2 heterocycles. The number of rotatable bonds is 4. The Morgan fingerprint density at radius 1 is 1.22 bits per heavy atom. The Balaban J connectivity index is 1.71. The molecule has 2 aromatic rings. The van der Waals surface area contributed by atoms with E-state index in [0.717, 1.165) is 17.1 Å². The van der Waals surface area contributed by atoms with Crippen molar-refractivity contribution in [3.8, 4) is 11.5 Å². The van der Waals surface area contributed by atoms with Gasteiger partial charge in [0.1, 0.15) is 13.2 Å². The van der Waals surface area contributed by atoms with Crippen LogP contribution in [0.4, 0.5) is 5.95 Å². The van der Waals surface area contributed by atoms with Crippen molar-refractivity contribution in [3.63, 3.8) is 0 Å². The van der Waals surface area contributed by atoms with Gasteiger partial charge in [0.2, 0.25) is 5.95 Å². The minimum absolute atomic E-state index is 0.0326. The molecule has 23 heavy (non-hydrogen) atoms. The quantitative estimate of drug-likeness (QED) is 0.866. The first-order valence-corrected chi connectivity index (χ1v) is 7.24. The molecule has 0 amide bonds. The molecule has 120 valence electrons. The van der Waals surface area contributed by atoms with Gasteiger partial charge in [0, 0.05) is 12.4 Å². The molecular formula is C16H17N3O4. The number of methoxy groups -OCH3 is 1. The number of esters is 1. The maximum absolute atomic E-state index is 11.4. The minimum atomic E-state index is -0.462. The van der Waals surface area contributed by atoms with E-state index >= 15 is 0 Å². The lowest BCUT2D eigenvalue weighted by Gasteiger charge is -2.21. The summed E-state index contributed by atoms with van der Waals surface area (Å²) in [4.78, 5) is 19.6. The number of ether oxygens (including phenoxy) is 3. The second-order valence-corrected chi connectivity index (χ2v) is 5.06. The van der Waals surface area contributed by atoms with Gasteiger partial charge in [0.15, 0.2) is 11.5 Å². The third-order valence-electron chi connectivity index (χ3n) is 3.48. The molecule has 0 fully saturated rings. The minimum Gasteiger partial charge on any atom is -0.486 e. The first-order chi connectivity index (χ1) is 11.2. The second-order valence-electron chi connectivity index (χ2n) is 5.06. The molecule has 0 saturated heterocycles. The zero-order chi connectivity index (χ0) is 16.2. The van der Waals surface area contributed by atoms with Gasteiger partial charge in [-0.25, -0.2) is 14.8 Å². The van der Waals surface area contributed by atoms with Crippen LogP contribution in [0.2, 0.25) is 0 Å². The molecule has 1 aliphatic heterocycles. The number of benzene rings is 1. The summed E-state index contributed by atoms with van der Waals surface area (Å²) in [6.45, 7) is 3.11. The van der Waals surface area contributed by atoms with Gasteiger partial charge in [-0.2, -0.15) is 0 Å². The van der Waals surface area contributed by atoms with E-state index in [-0.39, 0.29) is 6.04 Å². The van der Waals surface area contributed by atoms with Crippen molar-refractivity contribution < 1.29 is 19.0 Å². The van der Waals surface area contributed by atoms with Gasteiger partial charge in [-0.15, -0.1) is 0 Å². The van der Waals surface area contributed by atoms with Crippen molar-refractivity contribution in [3.05, 3.63) is 41.7 Å². The molecule has 1 unspecified atom stereocenters. The normalized spacial score (nSPS) is 14.0. The van der Waals surface area contributed by atoms with Gasteiger partial charge in [0.05, 0.1) is 18.7 Å². The SMILES string of the molecule is COC(=O)c1cnc(NC(C)c2ccc3c(c2)OCCO3)nc1. The Kier molecular flexibility index (Phi) is 4.27. The molecule has 1 aromatic carbocycles. The van der Waals surface area contributed by atoms with Crippen molar-refractivity contribution >= 4 is 11.9 Å². The summed E-state index contributed by atoms with van der Waals surface area (Å²) in [5.41, 5.74) is 1.33. The standard InChI is InChI=1S/C16H17N3O4/c1-10(11-3-4-13-14(7-11)23-6-5-22-13)19-16-17-8-12(9-18-16)15(20)21-2/h3-4,7-10H,5-6H2,1-2H3,(H,17,18,19). The average Bonchev–Trinajstić information content (AvgIpc) is 2.61. The fourth-order valence-electron chi connectivity index (χ4n) is 2.23. The summed E-state index contributed by atoms with van der Waals surface area (Å²) < 4.78 is 15.7. The number of carbonyl (C=O) groups excluding carboxylic acids is 1. The van der Waals surface area contributed by atoms with Gasteiger partial charge >= 0.3 is 5.97 Å². The van der Waals surface area contributed by atoms with Crippen LogP contribution in [0, 0.1) is 0 Å². The van der Waals surface area contributed by atoms with Crippen LogP contribution in [0.1, 0.15) is 28.9 Å². The molecule has 0 bridgehead atoms. The summed E-state index contributed by atoms with van der Waals surface area (Å²) in [6.07, 6.45) is 2.86. The number of fused-ring (bicyclic) bond motifs is 1. The lowest BCUT2D eigenvalue weighted by Crippen LogP contribution is -2.16. The molecule has 0 radical (unpaired) electrons. The number of carbonyl (C=O) groups is 1. The van der Waals surface area contributed by atoms with E-state index in [9.17, 15) is 4.79 Å². The van der Waals surface area contributed by atoms with Crippen LogP contribution in [0.25, 0.3) is 0 Å². The third kappa shape index (κ3) is 3.33. The van der Waals surface area contributed by atoms with Crippen LogP contribution >= 0.6 is 0 Å². The summed E-state index contributed by atoms with van der Waals surface area (Å²) in [5, 5.41) is 3.18. The number of nitrogens with one attached hydrogen (secondary N) is 1. The molecule has 1 aliphatic rings. The zero-order valence-electron chi connectivity index (χ0n) is 12.9. The van der Waals surface area contributed by atoms with E-state index in [4.69, 9.17) is 9.47 Å². The highest BCUT2D eigenvalue weighted by atomic mass is 16.6. The molecule has 1 atom stereocenters. The van der Waals surface area contributed by atoms with Gasteiger partial charge in [-0.05, 0) is 24.6 Å². The third-order valence-corrected chi connectivity index (χ3v) is 3.48. The predicted octanol–water partition coefficient (Wildman–Crippen LogP) is 2.21. The number of anilines is 1. The van der Waals surface area contributed by atoms with E-state index in [1.807, 2.05) is 25.1 Å². The largest absolute Gasteiger partial charge is 0.486 e. The Morgan fingerprint density at radius 3 is 2.61 bits per heavy atom. The van der Waals surface area contributed by atoms with Gasteiger partial charge in [-0.3, -0.25) is 0 Å². The molecule has 7 heteroatoms. The Hall–Kier alpha value is -2.83. The molecule has 1 aromatic heterocycles. The lowest BCUT2D eigenvalue weighted by molar-refractivity contribution is 0.0600. The summed E-state index contributed by atoms with van der Waals surface area (Å²) in [6, 6.07) is 5.77. The predicted molar refractivity (Wildman–Crippen MR) is 82.8 cm³/mol. The fourth-order valence-corrected chi connectivity index (χ4v) is 2.23. The Bertz CT molecular complexity index is 703. The van der Waals surface area contributed by atoms with Gasteiger partial charge < -0.3 is 19.5 Å². The van der Waals surface area contributed by atoms with Gasteiger partial charge in [-0.1, -0.05) is 6.07 Å².